The quantitative estimate of drug-likeness (QED) is 0.530. The second kappa shape index (κ2) is 2.19. The molecule has 0 amide bonds. The average molecular weight is 136 g/mol. The fourth-order valence-corrected chi connectivity index (χ4v) is 2.14. The van der Waals surface area contributed by atoms with Crippen LogP contribution in [0.3, 0.4) is 0 Å². The largest absolute Gasteiger partial charge is 0.307 e. The maximum atomic E-state index is 7.10. The van der Waals surface area contributed by atoms with E-state index in [2.05, 4.69) is 4.99 Å². The van der Waals surface area contributed by atoms with Gasteiger partial charge >= 0.3 is 0 Å². The maximum absolute atomic E-state index is 7.10. The first-order valence-electron chi connectivity index (χ1n) is 3.96. The van der Waals surface area contributed by atoms with Crippen LogP contribution >= 0.6 is 0 Å². The molecule has 1 aliphatic heterocycles. The summed E-state index contributed by atoms with van der Waals surface area (Å²) in [5, 5.41) is 7.10. The van der Waals surface area contributed by atoms with Crippen LogP contribution in [0.15, 0.2) is 4.99 Å². The van der Waals surface area contributed by atoms with Crippen LogP contribution in [-0.2, 0) is 0 Å². The molecule has 0 spiro atoms. The Morgan fingerprint density at radius 2 is 2.40 bits per heavy atom. The van der Waals surface area contributed by atoms with Crippen molar-refractivity contribution in [1.82, 2.24) is 0 Å². The highest BCUT2D eigenvalue weighted by atomic mass is 14.8. The van der Waals surface area contributed by atoms with E-state index in [9.17, 15) is 0 Å². The zero-order chi connectivity index (χ0) is 6.97. The van der Waals surface area contributed by atoms with Crippen LogP contribution in [-0.4, -0.2) is 18.5 Å². The van der Waals surface area contributed by atoms with Crippen LogP contribution in [0.4, 0.5) is 0 Å². The van der Waals surface area contributed by atoms with Crippen LogP contribution in [0.25, 0.3) is 0 Å². The molecule has 0 saturated heterocycles. The Morgan fingerprint density at radius 1 is 1.50 bits per heavy atom. The molecule has 2 atom stereocenters. The summed E-state index contributed by atoms with van der Waals surface area (Å²) < 4.78 is 0. The molecule has 0 bridgehead atoms. The van der Waals surface area contributed by atoms with Gasteiger partial charge < -0.3 is 5.41 Å². The standard InChI is InChI=1S/C8H12N2/c9-4-8-7-3-1-2-6(7)5-10-8/h4,6-7,9H,1-3,5H2. The summed E-state index contributed by atoms with van der Waals surface area (Å²) in [6.45, 7) is 0.995. The minimum atomic E-state index is 0.664. The molecule has 1 N–H and O–H groups in total. The molecule has 2 aliphatic rings. The number of hydrogen-bond donors (Lipinski definition) is 1. The third kappa shape index (κ3) is 0.713. The Morgan fingerprint density at radius 3 is 3.20 bits per heavy atom. The van der Waals surface area contributed by atoms with E-state index < -0.39 is 0 Å². The first-order valence-corrected chi connectivity index (χ1v) is 3.96. The van der Waals surface area contributed by atoms with Gasteiger partial charge in [0.2, 0.25) is 0 Å². The van der Waals surface area contributed by atoms with Gasteiger partial charge in [-0.2, -0.15) is 0 Å². The van der Waals surface area contributed by atoms with Crippen LogP contribution < -0.4 is 0 Å². The molecule has 2 heteroatoms. The lowest BCUT2D eigenvalue weighted by Crippen LogP contribution is -2.13. The van der Waals surface area contributed by atoms with Crippen LogP contribution in [0.5, 0.6) is 0 Å². The van der Waals surface area contributed by atoms with Crippen molar-refractivity contribution in [3.8, 4) is 0 Å². The Labute approximate surface area is 60.9 Å². The molecule has 10 heavy (non-hydrogen) atoms. The lowest BCUT2D eigenvalue weighted by molar-refractivity contribution is 0.532. The van der Waals surface area contributed by atoms with E-state index in [0.29, 0.717) is 5.92 Å². The van der Waals surface area contributed by atoms with E-state index in [0.717, 1.165) is 18.2 Å². The van der Waals surface area contributed by atoms with Gasteiger partial charge in [-0.3, -0.25) is 4.99 Å². The van der Waals surface area contributed by atoms with Crippen molar-refractivity contribution >= 4 is 11.9 Å². The van der Waals surface area contributed by atoms with Gasteiger partial charge in [0.25, 0.3) is 0 Å². The highest BCUT2D eigenvalue weighted by Gasteiger charge is 2.33. The molecule has 2 unspecified atom stereocenters. The number of rotatable bonds is 1. The third-order valence-electron chi connectivity index (χ3n) is 2.70. The van der Waals surface area contributed by atoms with Crippen molar-refractivity contribution in [2.45, 2.75) is 19.3 Å². The van der Waals surface area contributed by atoms with E-state index in [4.69, 9.17) is 5.41 Å². The second-order valence-electron chi connectivity index (χ2n) is 3.21. The molecule has 0 radical (unpaired) electrons. The summed E-state index contributed by atoms with van der Waals surface area (Å²) in [6, 6.07) is 0. The van der Waals surface area contributed by atoms with Crippen molar-refractivity contribution in [2.75, 3.05) is 6.54 Å². The number of aliphatic imine (C=N–C) groups is 1. The van der Waals surface area contributed by atoms with Crippen LogP contribution in [0.1, 0.15) is 19.3 Å². The number of nitrogens with one attached hydrogen (secondary N) is 1. The summed E-state index contributed by atoms with van der Waals surface area (Å²) >= 11 is 0. The molecule has 0 aromatic rings. The summed E-state index contributed by atoms with van der Waals surface area (Å²) in [6.07, 6.45) is 5.41. The molecular formula is C8H12N2. The first-order chi connectivity index (χ1) is 4.92. The van der Waals surface area contributed by atoms with Gasteiger partial charge in [0.05, 0.1) is 5.71 Å². The van der Waals surface area contributed by atoms with Crippen LogP contribution in [0.2, 0.25) is 0 Å². The topological polar surface area (TPSA) is 36.2 Å². The zero-order valence-corrected chi connectivity index (χ0v) is 6.01. The molecule has 1 fully saturated rings. The van der Waals surface area contributed by atoms with Gasteiger partial charge in [-0.1, -0.05) is 6.42 Å². The summed E-state index contributed by atoms with van der Waals surface area (Å²) in [7, 11) is 0. The van der Waals surface area contributed by atoms with E-state index in [1.165, 1.54) is 25.5 Å². The molecule has 0 aromatic carbocycles. The number of hydrogen-bond acceptors (Lipinski definition) is 2. The Kier molecular flexibility index (Phi) is 1.33. The minimum absolute atomic E-state index is 0.664. The van der Waals surface area contributed by atoms with E-state index in [-0.39, 0.29) is 0 Å². The molecule has 1 saturated carbocycles. The SMILES string of the molecule is N=CC1=NCC2CCCC12. The highest BCUT2D eigenvalue weighted by molar-refractivity contribution is 6.31. The van der Waals surface area contributed by atoms with E-state index in [1.54, 1.807) is 0 Å². The van der Waals surface area contributed by atoms with E-state index >= 15 is 0 Å². The van der Waals surface area contributed by atoms with Crippen molar-refractivity contribution in [2.24, 2.45) is 16.8 Å². The van der Waals surface area contributed by atoms with Gasteiger partial charge in [0, 0.05) is 18.7 Å². The van der Waals surface area contributed by atoms with Gasteiger partial charge in [-0.25, -0.2) is 0 Å². The monoisotopic (exact) mass is 136 g/mol. The van der Waals surface area contributed by atoms with Gasteiger partial charge in [0.15, 0.2) is 0 Å². The smallest absolute Gasteiger partial charge is 0.0558 e. The lowest BCUT2D eigenvalue weighted by Gasteiger charge is -2.06. The average Bonchev–Trinajstić information content (AvgIpc) is 2.44. The van der Waals surface area contributed by atoms with Crippen molar-refractivity contribution in [3.05, 3.63) is 0 Å². The first kappa shape index (κ1) is 6.08. The van der Waals surface area contributed by atoms with Crippen molar-refractivity contribution in [3.63, 3.8) is 0 Å². The Hall–Kier alpha value is -0.660. The molecule has 54 valence electrons. The van der Waals surface area contributed by atoms with Crippen LogP contribution in [0, 0.1) is 17.2 Å². The summed E-state index contributed by atoms with van der Waals surface area (Å²) in [5.41, 5.74) is 1.06. The molecule has 2 nitrogen and oxygen atoms in total. The predicted molar refractivity (Wildman–Crippen MR) is 41.9 cm³/mol. The number of nitrogens with zero attached hydrogens (tertiary/aromatic N) is 1. The van der Waals surface area contributed by atoms with Crippen molar-refractivity contribution < 1.29 is 0 Å². The fourth-order valence-electron chi connectivity index (χ4n) is 2.14. The Balaban J connectivity index is 2.17. The van der Waals surface area contributed by atoms with Gasteiger partial charge in [-0.05, 0) is 18.8 Å². The zero-order valence-electron chi connectivity index (χ0n) is 6.01. The maximum Gasteiger partial charge on any atom is 0.0558 e. The van der Waals surface area contributed by atoms with Gasteiger partial charge in [0.1, 0.15) is 0 Å². The molecule has 1 heterocycles. The summed E-state index contributed by atoms with van der Waals surface area (Å²) in [5.74, 6) is 1.47. The number of fused-ring (bicyclic) bond motifs is 1. The predicted octanol–water partition coefficient (Wildman–Crippen LogP) is 1.51. The van der Waals surface area contributed by atoms with E-state index in [1.807, 2.05) is 0 Å². The van der Waals surface area contributed by atoms with Gasteiger partial charge in [-0.15, -0.1) is 0 Å². The Bertz CT molecular complexity index is 184. The second-order valence-corrected chi connectivity index (χ2v) is 3.21. The lowest BCUT2D eigenvalue weighted by atomic mass is 9.95. The summed E-state index contributed by atoms with van der Waals surface area (Å²) in [4.78, 5) is 4.31. The highest BCUT2D eigenvalue weighted by Crippen LogP contribution is 2.36. The molecule has 1 aliphatic carbocycles. The fraction of sp³-hybridized carbons (Fsp3) is 0.750. The normalized spacial score (nSPS) is 37.4. The third-order valence-corrected chi connectivity index (χ3v) is 2.70. The minimum Gasteiger partial charge on any atom is -0.307 e. The molecule has 2 rings (SSSR count). The molecular weight excluding hydrogens is 124 g/mol. The van der Waals surface area contributed by atoms with Crippen molar-refractivity contribution in [1.29, 1.82) is 5.41 Å². The molecule has 0 aromatic heterocycles.